The molecule has 7 nitrogen and oxygen atoms in total. The minimum atomic E-state index is -0.194. The zero-order valence-electron chi connectivity index (χ0n) is 17.1. The van der Waals surface area contributed by atoms with Crippen molar-refractivity contribution in [1.29, 1.82) is 0 Å². The van der Waals surface area contributed by atoms with Crippen LogP contribution in [-0.4, -0.2) is 50.1 Å². The average molecular weight is 397 g/mol. The third kappa shape index (κ3) is 5.40. The molecule has 2 aromatic carbocycles. The Hall–Kier alpha value is -3.22. The fourth-order valence-electron chi connectivity index (χ4n) is 3.20. The molecule has 0 fully saturated rings. The number of methoxy groups -OCH3 is 2. The highest BCUT2D eigenvalue weighted by Gasteiger charge is 2.27. The number of hydrogen-bond donors (Lipinski definition) is 1. The molecule has 1 unspecified atom stereocenters. The normalized spacial score (nSPS) is 15.3. The van der Waals surface area contributed by atoms with Crippen LogP contribution in [0.15, 0.2) is 53.7 Å². The van der Waals surface area contributed by atoms with Crippen LogP contribution in [0.3, 0.4) is 0 Å². The predicted octanol–water partition coefficient (Wildman–Crippen LogP) is 3.43. The molecule has 2 amide bonds. The number of hydrogen-bond acceptors (Lipinski definition) is 5. The third-order valence-electron chi connectivity index (χ3n) is 4.70. The van der Waals surface area contributed by atoms with E-state index in [9.17, 15) is 4.79 Å². The summed E-state index contributed by atoms with van der Waals surface area (Å²) in [6.45, 7) is 3.36. The van der Waals surface area contributed by atoms with E-state index >= 15 is 0 Å². The van der Waals surface area contributed by atoms with Crippen LogP contribution >= 0.6 is 0 Å². The van der Waals surface area contributed by atoms with Gasteiger partial charge in [-0.05, 0) is 54.4 Å². The Balaban J connectivity index is 1.65. The van der Waals surface area contributed by atoms with Crippen LogP contribution in [0.25, 0.3) is 0 Å². The maximum absolute atomic E-state index is 12.6. The van der Waals surface area contributed by atoms with Crippen molar-refractivity contribution >= 4 is 11.7 Å². The number of amides is 2. The van der Waals surface area contributed by atoms with Crippen LogP contribution in [0, 0.1) is 0 Å². The number of oxime groups is 1. The molecule has 0 spiro atoms. The molecule has 1 aliphatic heterocycles. The van der Waals surface area contributed by atoms with Gasteiger partial charge in [-0.2, -0.15) is 0 Å². The Morgan fingerprint density at radius 2 is 1.93 bits per heavy atom. The van der Waals surface area contributed by atoms with E-state index in [2.05, 4.69) is 10.5 Å². The number of nitrogens with one attached hydrogen (secondary N) is 1. The highest BCUT2D eigenvalue weighted by molar-refractivity contribution is 6.01. The molecule has 0 aliphatic carbocycles. The molecule has 0 aromatic heterocycles. The van der Waals surface area contributed by atoms with Crippen molar-refractivity contribution in [3.63, 3.8) is 0 Å². The largest absolute Gasteiger partial charge is 0.497 e. The summed E-state index contributed by atoms with van der Waals surface area (Å²) in [5.74, 6) is 1.56. The molecule has 0 radical (unpaired) electrons. The number of carbonyl (C=O) groups excluding carboxylic acids is 1. The van der Waals surface area contributed by atoms with E-state index in [1.165, 1.54) is 0 Å². The molecule has 1 aliphatic rings. The Labute approximate surface area is 171 Å². The van der Waals surface area contributed by atoms with E-state index in [4.69, 9.17) is 14.3 Å². The van der Waals surface area contributed by atoms with Gasteiger partial charge in [0.25, 0.3) is 0 Å². The highest BCUT2D eigenvalue weighted by atomic mass is 16.6. The lowest BCUT2D eigenvalue weighted by Crippen LogP contribution is -2.43. The molecule has 3 rings (SSSR count). The molecular weight excluding hydrogens is 370 g/mol. The number of ether oxygens (including phenoxy) is 2. The SMILES string of the molecule is CCNC(=O)N(Cc1cccc(OC)c1)CC1CC(c2ccc(OC)cc2)=NO1. The van der Waals surface area contributed by atoms with Gasteiger partial charge in [0.05, 0.1) is 26.5 Å². The zero-order chi connectivity index (χ0) is 20.6. The van der Waals surface area contributed by atoms with Crippen LogP contribution in [0.1, 0.15) is 24.5 Å². The van der Waals surface area contributed by atoms with E-state index in [1.807, 2.05) is 55.5 Å². The maximum atomic E-state index is 12.6. The van der Waals surface area contributed by atoms with Gasteiger partial charge in [0.2, 0.25) is 0 Å². The van der Waals surface area contributed by atoms with Gasteiger partial charge in [-0.1, -0.05) is 17.3 Å². The first-order chi connectivity index (χ1) is 14.1. The van der Waals surface area contributed by atoms with Gasteiger partial charge in [-0.15, -0.1) is 0 Å². The molecular formula is C22H27N3O4. The topological polar surface area (TPSA) is 72.4 Å². The van der Waals surface area contributed by atoms with Crippen LogP contribution < -0.4 is 14.8 Å². The first-order valence-corrected chi connectivity index (χ1v) is 9.65. The van der Waals surface area contributed by atoms with Crippen molar-refractivity contribution in [2.75, 3.05) is 27.3 Å². The van der Waals surface area contributed by atoms with Gasteiger partial charge in [0.15, 0.2) is 6.10 Å². The summed E-state index contributed by atoms with van der Waals surface area (Å²) >= 11 is 0. The van der Waals surface area contributed by atoms with Crippen molar-refractivity contribution in [2.45, 2.75) is 26.0 Å². The Morgan fingerprint density at radius 3 is 2.62 bits per heavy atom. The minimum absolute atomic E-state index is 0.128. The summed E-state index contributed by atoms with van der Waals surface area (Å²) in [6.07, 6.45) is 0.445. The van der Waals surface area contributed by atoms with Crippen molar-refractivity contribution in [3.8, 4) is 11.5 Å². The Bertz CT molecular complexity index is 851. The van der Waals surface area contributed by atoms with Crippen LogP contribution in [0.4, 0.5) is 4.79 Å². The van der Waals surface area contributed by atoms with E-state index in [1.54, 1.807) is 19.1 Å². The fourth-order valence-corrected chi connectivity index (χ4v) is 3.20. The number of rotatable bonds is 8. The first-order valence-electron chi connectivity index (χ1n) is 9.65. The minimum Gasteiger partial charge on any atom is -0.497 e. The van der Waals surface area contributed by atoms with Gasteiger partial charge in [0, 0.05) is 19.5 Å². The van der Waals surface area contributed by atoms with Crippen molar-refractivity contribution < 1.29 is 19.1 Å². The van der Waals surface area contributed by atoms with E-state index in [-0.39, 0.29) is 12.1 Å². The number of carbonyl (C=O) groups is 1. The van der Waals surface area contributed by atoms with Crippen molar-refractivity contribution in [1.82, 2.24) is 10.2 Å². The first kappa shape index (κ1) is 20.5. The lowest BCUT2D eigenvalue weighted by atomic mass is 10.0. The lowest BCUT2D eigenvalue weighted by molar-refractivity contribution is 0.0590. The van der Waals surface area contributed by atoms with Crippen LogP contribution in [0.2, 0.25) is 0 Å². The van der Waals surface area contributed by atoms with Crippen LogP contribution in [-0.2, 0) is 11.4 Å². The summed E-state index contributed by atoms with van der Waals surface area (Å²) in [5.41, 5.74) is 2.85. The van der Waals surface area contributed by atoms with Crippen molar-refractivity contribution in [3.05, 3.63) is 59.7 Å². The standard InChI is InChI=1S/C22H27N3O4/c1-4-23-22(26)25(14-16-6-5-7-19(12-16)28-3)15-20-13-21(24-29-20)17-8-10-18(27-2)11-9-17/h5-12,20H,4,13-15H2,1-3H3,(H,23,26). The second-order valence-electron chi connectivity index (χ2n) is 6.77. The second-order valence-corrected chi connectivity index (χ2v) is 6.77. The summed E-state index contributed by atoms with van der Waals surface area (Å²) in [7, 11) is 3.27. The van der Waals surface area contributed by atoms with E-state index in [0.29, 0.717) is 26.1 Å². The summed E-state index contributed by atoms with van der Waals surface area (Å²) in [4.78, 5) is 20.0. The number of benzene rings is 2. The Kier molecular flexibility index (Phi) is 6.94. The summed E-state index contributed by atoms with van der Waals surface area (Å²) < 4.78 is 10.5. The highest BCUT2D eigenvalue weighted by Crippen LogP contribution is 2.21. The fraction of sp³-hybridized carbons (Fsp3) is 0.364. The molecule has 29 heavy (non-hydrogen) atoms. The quantitative estimate of drug-likeness (QED) is 0.741. The van der Waals surface area contributed by atoms with Crippen molar-refractivity contribution in [2.24, 2.45) is 5.16 Å². The molecule has 1 atom stereocenters. The lowest BCUT2D eigenvalue weighted by Gasteiger charge is -2.25. The number of nitrogens with zero attached hydrogens (tertiary/aromatic N) is 2. The molecule has 2 aromatic rings. The molecule has 0 saturated heterocycles. The molecule has 1 N–H and O–H groups in total. The molecule has 0 bridgehead atoms. The Morgan fingerprint density at radius 1 is 1.17 bits per heavy atom. The van der Waals surface area contributed by atoms with Gasteiger partial charge in [-0.3, -0.25) is 0 Å². The van der Waals surface area contributed by atoms with E-state index < -0.39 is 0 Å². The monoisotopic (exact) mass is 397 g/mol. The van der Waals surface area contributed by atoms with Gasteiger partial charge in [-0.25, -0.2) is 4.79 Å². The molecule has 1 heterocycles. The maximum Gasteiger partial charge on any atom is 0.317 e. The number of urea groups is 1. The van der Waals surface area contributed by atoms with Crippen LogP contribution in [0.5, 0.6) is 11.5 Å². The predicted molar refractivity (Wildman–Crippen MR) is 111 cm³/mol. The summed E-state index contributed by atoms with van der Waals surface area (Å²) in [6, 6.07) is 15.3. The van der Waals surface area contributed by atoms with Gasteiger partial charge in [0.1, 0.15) is 11.5 Å². The molecule has 154 valence electrons. The third-order valence-corrected chi connectivity index (χ3v) is 4.70. The van der Waals surface area contributed by atoms with Gasteiger partial charge >= 0.3 is 6.03 Å². The molecule has 0 saturated carbocycles. The summed E-state index contributed by atoms with van der Waals surface area (Å²) in [5, 5.41) is 7.11. The van der Waals surface area contributed by atoms with Gasteiger partial charge < -0.3 is 24.5 Å². The molecule has 7 heteroatoms. The average Bonchev–Trinajstić information content (AvgIpc) is 3.22. The second kappa shape index (κ2) is 9.82. The van der Waals surface area contributed by atoms with E-state index in [0.717, 1.165) is 28.3 Å². The smallest absolute Gasteiger partial charge is 0.317 e. The zero-order valence-corrected chi connectivity index (χ0v) is 17.1.